The molecule has 1 saturated heterocycles. The summed E-state index contributed by atoms with van der Waals surface area (Å²) >= 11 is 0. The summed E-state index contributed by atoms with van der Waals surface area (Å²) in [4.78, 5) is 2.19. The van der Waals surface area contributed by atoms with Crippen LogP contribution in [0.1, 0.15) is 47.0 Å². The van der Waals surface area contributed by atoms with E-state index in [4.69, 9.17) is 0 Å². The molecule has 0 spiro atoms. The Kier molecular flexibility index (Phi) is 6.32. The zero-order valence-electron chi connectivity index (χ0n) is 13.2. The van der Waals surface area contributed by atoms with Gasteiger partial charge in [-0.15, -0.1) is 0 Å². The van der Waals surface area contributed by atoms with Gasteiger partial charge < -0.3 is 10.2 Å². The summed E-state index contributed by atoms with van der Waals surface area (Å²) in [7, 11) is 0. The second-order valence-electron chi connectivity index (χ2n) is 6.76. The molecule has 120 valence electrons. The normalized spacial score (nSPS) is 21.1. The lowest BCUT2D eigenvalue weighted by Crippen LogP contribution is -2.49. The van der Waals surface area contributed by atoms with Gasteiger partial charge in [-0.25, -0.2) is 0 Å². The van der Waals surface area contributed by atoms with Crippen LogP contribution >= 0.6 is 0 Å². The highest BCUT2D eigenvalue weighted by Crippen LogP contribution is 2.35. The van der Waals surface area contributed by atoms with Crippen molar-refractivity contribution in [1.82, 2.24) is 10.2 Å². The van der Waals surface area contributed by atoms with Crippen LogP contribution in [0.15, 0.2) is 0 Å². The van der Waals surface area contributed by atoms with E-state index in [1.165, 1.54) is 0 Å². The molecule has 20 heavy (non-hydrogen) atoms. The summed E-state index contributed by atoms with van der Waals surface area (Å²) < 4.78 is 37.9. The van der Waals surface area contributed by atoms with Crippen LogP contribution in [-0.4, -0.2) is 43.3 Å². The molecule has 1 aliphatic rings. The van der Waals surface area contributed by atoms with Gasteiger partial charge in [0.25, 0.3) is 0 Å². The molecule has 1 aliphatic heterocycles. The van der Waals surface area contributed by atoms with Crippen molar-refractivity contribution in [2.24, 2.45) is 11.3 Å². The van der Waals surface area contributed by atoms with Crippen LogP contribution in [0.5, 0.6) is 0 Å². The molecule has 1 N–H and O–H groups in total. The van der Waals surface area contributed by atoms with Crippen molar-refractivity contribution in [1.29, 1.82) is 0 Å². The maximum absolute atomic E-state index is 12.6. The van der Waals surface area contributed by atoms with Crippen LogP contribution in [0.4, 0.5) is 13.2 Å². The highest BCUT2D eigenvalue weighted by molar-refractivity contribution is 4.86. The Morgan fingerprint density at radius 3 is 2.20 bits per heavy atom. The highest BCUT2D eigenvalue weighted by Gasteiger charge is 2.41. The minimum atomic E-state index is -4.02. The number of hydrogen-bond donors (Lipinski definition) is 1. The summed E-state index contributed by atoms with van der Waals surface area (Å²) in [5, 5.41) is 3.49. The maximum Gasteiger partial charge on any atom is 0.391 e. The summed E-state index contributed by atoms with van der Waals surface area (Å²) in [6.45, 7) is 11.7. The van der Waals surface area contributed by atoms with E-state index in [-0.39, 0.29) is 18.3 Å². The number of alkyl halides is 3. The summed E-state index contributed by atoms with van der Waals surface area (Å²) in [5.41, 5.74) is 0.0697. The molecule has 0 saturated carbocycles. The summed E-state index contributed by atoms with van der Waals surface area (Å²) in [6.07, 6.45) is -2.43. The maximum atomic E-state index is 12.6. The number of piperidine rings is 1. The summed E-state index contributed by atoms with van der Waals surface area (Å²) in [5.74, 6) is -1.10. The zero-order chi connectivity index (χ0) is 15.4. The van der Waals surface area contributed by atoms with Gasteiger partial charge in [0.1, 0.15) is 0 Å². The predicted molar refractivity (Wildman–Crippen MR) is 76.8 cm³/mol. The molecule has 0 radical (unpaired) electrons. The number of nitrogens with one attached hydrogen (secondary N) is 1. The Morgan fingerprint density at radius 2 is 1.75 bits per heavy atom. The largest absolute Gasteiger partial charge is 0.391 e. The molecular weight excluding hydrogens is 265 g/mol. The van der Waals surface area contributed by atoms with E-state index in [9.17, 15) is 13.2 Å². The molecule has 1 unspecified atom stereocenters. The van der Waals surface area contributed by atoms with Gasteiger partial charge in [-0.3, -0.25) is 0 Å². The van der Waals surface area contributed by atoms with E-state index in [0.29, 0.717) is 19.1 Å². The smallest absolute Gasteiger partial charge is 0.314 e. The van der Waals surface area contributed by atoms with E-state index < -0.39 is 12.1 Å². The Labute approximate surface area is 121 Å². The molecule has 2 nitrogen and oxygen atoms in total. The molecule has 0 aromatic heterocycles. The number of halogens is 3. The van der Waals surface area contributed by atoms with Gasteiger partial charge in [0, 0.05) is 12.6 Å². The lowest BCUT2D eigenvalue weighted by molar-refractivity contribution is -0.185. The van der Waals surface area contributed by atoms with Crippen molar-refractivity contribution in [2.45, 2.75) is 59.2 Å². The fourth-order valence-electron chi connectivity index (χ4n) is 2.77. The molecule has 0 bridgehead atoms. The van der Waals surface area contributed by atoms with E-state index in [1.807, 2.05) is 0 Å². The predicted octanol–water partition coefficient (Wildman–Crippen LogP) is 3.68. The van der Waals surface area contributed by atoms with Gasteiger partial charge in [-0.05, 0) is 51.2 Å². The van der Waals surface area contributed by atoms with Crippen LogP contribution in [0.2, 0.25) is 0 Å². The fraction of sp³-hybridized carbons (Fsp3) is 1.00. The molecule has 1 fully saturated rings. The second kappa shape index (κ2) is 7.12. The second-order valence-corrected chi connectivity index (χ2v) is 6.76. The van der Waals surface area contributed by atoms with Crippen molar-refractivity contribution in [3.8, 4) is 0 Å². The van der Waals surface area contributed by atoms with Gasteiger partial charge in [0.2, 0.25) is 0 Å². The molecule has 0 aliphatic carbocycles. The average molecular weight is 294 g/mol. The monoisotopic (exact) mass is 294 g/mol. The first-order chi connectivity index (χ1) is 9.16. The lowest BCUT2D eigenvalue weighted by Gasteiger charge is -2.40. The molecule has 0 aromatic carbocycles. The first-order valence-electron chi connectivity index (χ1n) is 7.69. The Balaban J connectivity index is 2.42. The minimum Gasteiger partial charge on any atom is -0.314 e. The van der Waals surface area contributed by atoms with Crippen LogP contribution in [-0.2, 0) is 0 Å². The molecule has 1 atom stereocenters. The number of hydrogen-bond acceptors (Lipinski definition) is 2. The molecule has 1 heterocycles. The molecule has 5 heteroatoms. The van der Waals surface area contributed by atoms with E-state index in [0.717, 1.165) is 19.5 Å². The SMILES string of the molecule is CCCNC(C)C(C)(C)CN1CCC(C(F)(F)F)CC1. The van der Waals surface area contributed by atoms with Gasteiger partial charge in [0.15, 0.2) is 0 Å². The first-order valence-corrected chi connectivity index (χ1v) is 7.69. The standard InChI is InChI=1S/C15H29F3N2/c1-5-8-19-12(2)14(3,4)11-20-9-6-13(7-10-20)15(16,17)18/h12-13,19H,5-11H2,1-4H3. The van der Waals surface area contributed by atoms with E-state index in [2.05, 4.69) is 37.9 Å². The van der Waals surface area contributed by atoms with Crippen molar-refractivity contribution >= 4 is 0 Å². The van der Waals surface area contributed by atoms with Gasteiger partial charge in [0.05, 0.1) is 5.92 Å². The Hall–Kier alpha value is -0.290. The van der Waals surface area contributed by atoms with Crippen molar-refractivity contribution in [2.75, 3.05) is 26.2 Å². The Bertz CT molecular complexity index is 281. The van der Waals surface area contributed by atoms with Crippen molar-refractivity contribution in [3.05, 3.63) is 0 Å². The fourth-order valence-corrected chi connectivity index (χ4v) is 2.77. The lowest BCUT2D eigenvalue weighted by atomic mass is 9.83. The number of nitrogens with zero attached hydrogens (tertiary/aromatic N) is 1. The quantitative estimate of drug-likeness (QED) is 0.804. The number of likely N-dealkylation sites (tertiary alicyclic amines) is 1. The summed E-state index contributed by atoms with van der Waals surface area (Å²) in [6, 6.07) is 0.364. The third kappa shape index (κ3) is 5.24. The topological polar surface area (TPSA) is 15.3 Å². The van der Waals surface area contributed by atoms with Gasteiger partial charge >= 0.3 is 6.18 Å². The van der Waals surface area contributed by atoms with Crippen LogP contribution in [0, 0.1) is 11.3 Å². The van der Waals surface area contributed by atoms with Crippen LogP contribution in [0.25, 0.3) is 0 Å². The molecule has 0 aromatic rings. The van der Waals surface area contributed by atoms with Gasteiger partial charge in [-0.2, -0.15) is 13.2 Å². The average Bonchev–Trinajstić information content (AvgIpc) is 2.34. The Morgan fingerprint density at radius 1 is 1.20 bits per heavy atom. The molecule has 0 amide bonds. The van der Waals surface area contributed by atoms with E-state index in [1.54, 1.807) is 0 Å². The number of rotatable bonds is 6. The van der Waals surface area contributed by atoms with Crippen LogP contribution < -0.4 is 5.32 Å². The van der Waals surface area contributed by atoms with Crippen molar-refractivity contribution in [3.63, 3.8) is 0 Å². The minimum absolute atomic E-state index is 0.0697. The van der Waals surface area contributed by atoms with E-state index >= 15 is 0 Å². The zero-order valence-corrected chi connectivity index (χ0v) is 13.2. The molecular formula is C15H29F3N2. The van der Waals surface area contributed by atoms with Crippen LogP contribution in [0.3, 0.4) is 0 Å². The van der Waals surface area contributed by atoms with Gasteiger partial charge in [-0.1, -0.05) is 20.8 Å². The van der Waals surface area contributed by atoms with Crippen molar-refractivity contribution < 1.29 is 13.2 Å². The third-order valence-electron chi connectivity index (χ3n) is 4.55. The highest BCUT2D eigenvalue weighted by atomic mass is 19.4. The molecule has 1 rings (SSSR count). The third-order valence-corrected chi connectivity index (χ3v) is 4.55. The first kappa shape index (κ1) is 17.8.